The molecule has 1 aromatic carbocycles. The van der Waals surface area contributed by atoms with Gasteiger partial charge in [0.1, 0.15) is 5.82 Å². The van der Waals surface area contributed by atoms with E-state index in [0.717, 1.165) is 37.4 Å². The third kappa shape index (κ3) is 2.86. The van der Waals surface area contributed by atoms with Crippen molar-refractivity contribution in [2.75, 3.05) is 19.6 Å². The lowest BCUT2D eigenvalue weighted by Crippen LogP contribution is -2.45. The van der Waals surface area contributed by atoms with Gasteiger partial charge >= 0.3 is 0 Å². The van der Waals surface area contributed by atoms with E-state index in [9.17, 15) is 4.39 Å². The van der Waals surface area contributed by atoms with Gasteiger partial charge in [-0.25, -0.2) is 4.39 Å². The standard InChI is InChI=1S/C14H18FN5/c1-19-9-13(17-18-19)10-20-6-5-16-8-14(20)11-3-2-4-12(15)7-11/h2-4,7,9,14,16H,5-6,8,10H2,1H3. The maximum Gasteiger partial charge on any atom is 0.123 e. The zero-order valence-corrected chi connectivity index (χ0v) is 11.5. The normalized spacial score (nSPS) is 20.2. The van der Waals surface area contributed by atoms with Crippen LogP contribution >= 0.6 is 0 Å². The Kier molecular flexibility index (Phi) is 3.75. The number of rotatable bonds is 3. The van der Waals surface area contributed by atoms with Gasteiger partial charge in [0.2, 0.25) is 0 Å². The van der Waals surface area contributed by atoms with Gasteiger partial charge in [0, 0.05) is 45.5 Å². The zero-order chi connectivity index (χ0) is 13.9. The van der Waals surface area contributed by atoms with Gasteiger partial charge in [0.05, 0.1) is 5.69 Å². The van der Waals surface area contributed by atoms with Gasteiger partial charge in [-0.2, -0.15) is 0 Å². The number of hydrogen-bond acceptors (Lipinski definition) is 4. The maximum atomic E-state index is 13.4. The summed E-state index contributed by atoms with van der Waals surface area (Å²) in [4.78, 5) is 2.31. The summed E-state index contributed by atoms with van der Waals surface area (Å²) in [6, 6.07) is 7.00. The first kappa shape index (κ1) is 13.2. The average molecular weight is 275 g/mol. The van der Waals surface area contributed by atoms with Gasteiger partial charge in [0.25, 0.3) is 0 Å². The van der Waals surface area contributed by atoms with Crippen LogP contribution < -0.4 is 5.32 Å². The SMILES string of the molecule is Cn1cc(CN2CCNCC2c2cccc(F)c2)nn1. The lowest BCUT2D eigenvalue weighted by Gasteiger charge is -2.36. The minimum atomic E-state index is -0.187. The summed E-state index contributed by atoms with van der Waals surface area (Å²) in [6.07, 6.45) is 1.92. The van der Waals surface area contributed by atoms with Crippen LogP contribution in [0.1, 0.15) is 17.3 Å². The van der Waals surface area contributed by atoms with Gasteiger partial charge in [-0.05, 0) is 17.7 Å². The first-order valence-electron chi connectivity index (χ1n) is 6.78. The molecule has 3 rings (SSSR count). The van der Waals surface area contributed by atoms with E-state index in [1.165, 1.54) is 6.07 Å². The van der Waals surface area contributed by atoms with Crippen molar-refractivity contribution in [2.45, 2.75) is 12.6 Å². The van der Waals surface area contributed by atoms with Crippen molar-refractivity contribution in [3.63, 3.8) is 0 Å². The first-order chi connectivity index (χ1) is 9.72. The second-order valence-corrected chi connectivity index (χ2v) is 5.13. The molecule has 0 spiro atoms. The Balaban J connectivity index is 1.80. The van der Waals surface area contributed by atoms with Crippen LogP contribution in [0, 0.1) is 5.82 Å². The minimum absolute atomic E-state index is 0.168. The Labute approximate surface area is 117 Å². The topological polar surface area (TPSA) is 46.0 Å². The molecule has 1 atom stereocenters. The van der Waals surface area contributed by atoms with Crippen molar-refractivity contribution in [3.8, 4) is 0 Å². The van der Waals surface area contributed by atoms with E-state index < -0.39 is 0 Å². The number of piperazine rings is 1. The predicted octanol–water partition coefficient (Wildman–Crippen LogP) is 1.10. The molecule has 106 valence electrons. The number of nitrogens with one attached hydrogen (secondary N) is 1. The quantitative estimate of drug-likeness (QED) is 0.911. The summed E-state index contributed by atoms with van der Waals surface area (Å²) in [5.74, 6) is -0.187. The summed E-state index contributed by atoms with van der Waals surface area (Å²) < 4.78 is 15.1. The smallest absolute Gasteiger partial charge is 0.123 e. The minimum Gasteiger partial charge on any atom is -0.314 e. The van der Waals surface area contributed by atoms with Crippen LogP contribution in [-0.4, -0.2) is 39.5 Å². The summed E-state index contributed by atoms with van der Waals surface area (Å²) in [7, 11) is 1.86. The fraction of sp³-hybridized carbons (Fsp3) is 0.429. The van der Waals surface area contributed by atoms with E-state index in [-0.39, 0.29) is 11.9 Å². The summed E-state index contributed by atoms with van der Waals surface area (Å²) in [6.45, 7) is 3.41. The second kappa shape index (κ2) is 5.68. The van der Waals surface area contributed by atoms with E-state index in [4.69, 9.17) is 0 Å². The van der Waals surface area contributed by atoms with Gasteiger partial charge in [0.15, 0.2) is 0 Å². The van der Waals surface area contributed by atoms with Crippen molar-refractivity contribution in [2.24, 2.45) is 7.05 Å². The predicted molar refractivity (Wildman–Crippen MR) is 73.4 cm³/mol. The summed E-state index contributed by atoms with van der Waals surface area (Å²) in [5.41, 5.74) is 1.94. The molecule has 1 unspecified atom stereocenters. The van der Waals surface area contributed by atoms with Gasteiger partial charge in [-0.15, -0.1) is 5.10 Å². The Hall–Kier alpha value is -1.79. The van der Waals surface area contributed by atoms with Crippen LogP contribution in [0.3, 0.4) is 0 Å². The van der Waals surface area contributed by atoms with Gasteiger partial charge in [-0.1, -0.05) is 17.3 Å². The van der Waals surface area contributed by atoms with Crippen LogP contribution in [0.25, 0.3) is 0 Å². The average Bonchev–Trinajstić information content (AvgIpc) is 2.85. The van der Waals surface area contributed by atoms with Crippen LogP contribution in [0.5, 0.6) is 0 Å². The van der Waals surface area contributed by atoms with Gasteiger partial charge < -0.3 is 5.32 Å². The number of benzene rings is 1. The van der Waals surface area contributed by atoms with Gasteiger partial charge in [-0.3, -0.25) is 9.58 Å². The zero-order valence-electron chi connectivity index (χ0n) is 11.5. The van der Waals surface area contributed by atoms with Crippen LogP contribution in [-0.2, 0) is 13.6 Å². The Morgan fingerprint density at radius 2 is 2.35 bits per heavy atom. The Bertz CT molecular complexity index is 582. The maximum absolute atomic E-state index is 13.4. The van der Waals surface area contributed by atoms with Crippen LogP contribution in [0.15, 0.2) is 30.5 Å². The molecule has 1 N–H and O–H groups in total. The molecule has 0 aliphatic carbocycles. The molecule has 0 saturated carbocycles. The number of aryl methyl sites for hydroxylation is 1. The highest BCUT2D eigenvalue weighted by atomic mass is 19.1. The van der Waals surface area contributed by atoms with Crippen molar-refractivity contribution in [1.82, 2.24) is 25.2 Å². The summed E-state index contributed by atoms with van der Waals surface area (Å²) in [5, 5.41) is 11.5. The third-order valence-corrected chi connectivity index (χ3v) is 3.60. The Morgan fingerprint density at radius 1 is 1.45 bits per heavy atom. The molecule has 1 aliphatic heterocycles. The molecule has 5 nitrogen and oxygen atoms in total. The number of aromatic nitrogens is 3. The monoisotopic (exact) mass is 275 g/mol. The van der Waals surface area contributed by atoms with E-state index in [1.807, 2.05) is 19.3 Å². The molecule has 0 bridgehead atoms. The van der Waals surface area contributed by atoms with E-state index in [0.29, 0.717) is 0 Å². The molecule has 1 saturated heterocycles. The van der Waals surface area contributed by atoms with Crippen LogP contribution in [0.2, 0.25) is 0 Å². The van der Waals surface area contributed by atoms with Crippen molar-refractivity contribution in [1.29, 1.82) is 0 Å². The number of hydrogen-bond donors (Lipinski definition) is 1. The number of nitrogens with zero attached hydrogens (tertiary/aromatic N) is 4. The molecule has 2 heterocycles. The lowest BCUT2D eigenvalue weighted by atomic mass is 10.0. The molecular formula is C14H18FN5. The molecule has 1 aliphatic rings. The van der Waals surface area contributed by atoms with Crippen molar-refractivity contribution in [3.05, 3.63) is 47.5 Å². The second-order valence-electron chi connectivity index (χ2n) is 5.13. The fourth-order valence-electron chi connectivity index (χ4n) is 2.65. The molecule has 20 heavy (non-hydrogen) atoms. The Morgan fingerprint density at radius 3 is 3.10 bits per heavy atom. The van der Waals surface area contributed by atoms with Crippen molar-refractivity contribution >= 4 is 0 Å². The molecule has 2 aromatic rings. The molecule has 0 radical (unpaired) electrons. The van der Waals surface area contributed by atoms with Crippen molar-refractivity contribution < 1.29 is 4.39 Å². The lowest BCUT2D eigenvalue weighted by molar-refractivity contribution is 0.151. The van der Waals surface area contributed by atoms with E-state index in [1.54, 1.807) is 16.8 Å². The highest BCUT2D eigenvalue weighted by molar-refractivity contribution is 5.21. The molecule has 6 heteroatoms. The highest BCUT2D eigenvalue weighted by Crippen LogP contribution is 2.24. The summed E-state index contributed by atoms with van der Waals surface area (Å²) >= 11 is 0. The molecule has 1 aromatic heterocycles. The third-order valence-electron chi connectivity index (χ3n) is 3.60. The first-order valence-corrected chi connectivity index (χ1v) is 6.78. The van der Waals surface area contributed by atoms with Crippen LogP contribution in [0.4, 0.5) is 4.39 Å². The molecule has 1 fully saturated rings. The molecule has 0 amide bonds. The largest absolute Gasteiger partial charge is 0.314 e. The van der Waals surface area contributed by atoms with E-state index >= 15 is 0 Å². The fourth-order valence-corrected chi connectivity index (χ4v) is 2.65. The highest BCUT2D eigenvalue weighted by Gasteiger charge is 2.24. The molecular weight excluding hydrogens is 257 g/mol. The van der Waals surface area contributed by atoms with E-state index in [2.05, 4.69) is 20.5 Å². The number of halogens is 1.